The lowest BCUT2D eigenvalue weighted by molar-refractivity contribution is -0.151. The maximum absolute atomic E-state index is 13.0. The molecule has 3 N–H and O–H groups in total. The molecule has 178 valence electrons. The van der Waals surface area contributed by atoms with Crippen molar-refractivity contribution >= 4 is 29.7 Å². The lowest BCUT2D eigenvalue weighted by atomic mass is 9.64. The minimum atomic E-state index is -1.02. The smallest absolute Gasteiger partial charge is 0.326 e. The summed E-state index contributed by atoms with van der Waals surface area (Å²) in [5.41, 5.74) is 4.56. The number of carbonyl (C=O) groups is 5. The molecular formula is C23H30N4O6. The van der Waals surface area contributed by atoms with E-state index in [1.807, 2.05) is 13.8 Å². The van der Waals surface area contributed by atoms with Crippen LogP contribution in [0.15, 0.2) is 24.3 Å². The molecule has 10 heteroatoms. The number of urea groups is 1. The second-order valence-electron chi connectivity index (χ2n) is 9.79. The van der Waals surface area contributed by atoms with Crippen LogP contribution in [0.4, 0.5) is 4.79 Å². The average molecular weight is 459 g/mol. The molecule has 1 aliphatic carbocycles. The largest absolute Gasteiger partial charge is 0.454 e. The van der Waals surface area contributed by atoms with Gasteiger partial charge in [-0.05, 0) is 49.7 Å². The van der Waals surface area contributed by atoms with Crippen molar-refractivity contribution in [3.05, 3.63) is 35.4 Å². The Bertz CT molecular complexity index is 974. The number of aryl methyl sites for hydroxylation is 1. The van der Waals surface area contributed by atoms with E-state index in [0.29, 0.717) is 18.4 Å². The maximum atomic E-state index is 13.0. The Morgan fingerprint density at radius 3 is 2.42 bits per heavy atom. The van der Waals surface area contributed by atoms with Gasteiger partial charge in [0.2, 0.25) is 0 Å². The third-order valence-electron chi connectivity index (χ3n) is 5.90. The van der Waals surface area contributed by atoms with Crippen LogP contribution in [0.5, 0.6) is 0 Å². The molecule has 2 aliphatic rings. The zero-order chi connectivity index (χ0) is 24.4. The molecule has 2 unspecified atom stereocenters. The Balaban J connectivity index is 1.48. The average Bonchev–Trinajstić information content (AvgIpc) is 2.92. The van der Waals surface area contributed by atoms with E-state index in [4.69, 9.17) is 4.74 Å². The number of hydrogen-bond donors (Lipinski definition) is 3. The lowest BCUT2D eigenvalue weighted by Gasteiger charge is -2.43. The van der Waals surface area contributed by atoms with Crippen LogP contribution in [-0.4, -0.2) is 53.3 Å². The molecule has 1 saturated carbocycles. The van der Waals surface area contributed by atoms with Crippen LogP contribution in [0.1, 0.15) is 56.0 Å². The van der Waals surface area contributed by atoms with Gasteiger partial charge in [0.25, 0.3) is 17.7 Å². The Morgan fingerprint density at radius 1 is 1.12 bits per heavy atom. The summed E-state index contributed by atoms with van der Waals surface area (Å²) in [6.07, 6.45) is 1.94. The van der Waals surface area contributed by atoms with Gasteiger partial charge in [0.05, 0.1) is 0 Å². The standard InChI is InChI=1S/C23H30N4O6/c1-14-5-7-16(8-6-14)19(30)26-25-17(28)12-33-18(29)11-27-20(31)23(24-21(27)32)10-15(2)9-22(3,4)13-23/h5-8,15H,9-13H2,1-4H3,(H,24,32)(H,25,28)(H,26,30). The van der Waals surface area contributed by atoms with E-state index in [1.165, 1.54) is 0 Å². The van der Waals surface area contributed by atoms with Crippen LogP contribution in [-0.2, 0) is 19.1 Å². The normalized spacial score (nSPS) is 23.8. The quantitative estimate of drug-likeness (QED) is 0.347. The fourth-order valence-electron chi connectivity index (χ4n) is 4.91. The van der Waals surface area contributed by atoms with E-state index in [9.17, 15) is 24.0 Å². The number of nitrogens with one attached hydrogen (secondary N) is 3. The Kier molecular flexibility index (Phi) is 6.76. The highest BCUT2D eigenvalue weighted by Crippen LogP contribution is 2.46. The van der Waals surface area contributed by atoms with Crippen molar-refractivity contribution in [3.63, 3.8) is 0 Å². The molecule has 1 aromatic carbocycles. The SMILES string of the molecule is Cc1ccc(C(=O)NNC(=O)COC(=O)CN2C(=O)NC3(CC(C)CC(C)(C)C3)C2=O)cc1. The van der Waals surface area contributed by atoms with E-state index < -0.39 is 48.4 Å². The van der Waals surface area contributed by atoms with Crippen LogP contribution in [0.3, 0.4) is 0 Å². The number of imide groups is 1. The Labute approximate surface area is 192 Å². The first-order chi connectivity index (χ1) is 15.4. The zero-order valence-corrected chi connectivity index (χ0v) is 19.3. The van der Waals surface area contributed by atoms with Gasteiger partial charge in [0, 0.05) is 5.56 Å². The molecule has 1 saturated heterocycles. The fourth-order valence-corrected chi connectivity index (χ4v) is 4.91. The molecule has 2 atom stereocenters. The molecule has 0 bridgehead atoms. The number of amides is 5. The summed E-state index contributed by atoms with van der Waals surface area (Å²) in [6, 6.07) is 6.09. The second-order valence-corrected chi connectivity index (χ2v) is 9.79. The van der Waals surface area contributed by atoms with Crippen molar-refractivity contribution in [3.8, 4) is 0 Å². The molecule has 3 rings (SSSR count). The summed E-state index contributed by atoms with van der Waals surface area (Å²) < 4.78 is 4.88. The molecule has 0 radical (unpaired) electrons. The highest BCUT2D eigenvalue weighted by molar-refractivity contribution is 6.08. The van der Waals surface area contributed by atoms with E-state index in [0.717, 1.165) is 16.9 Å². The van der Waals surface area contributed by atoms with Gasteiger partial charge < -0.3 is 10.1 Å². The predicted molar refractivity (Wildman–Crippen MR) is 118 cm³/mol. The van der Waals surface area contributed by atoms with Crippen LogP contribution < -0.4 is 16.2 Å². The number of rotatable bonds is 5. The maximum Gasteiger partial charge on any atom is 0.326 e. The Morgan fingerprint density at radius 2 is 1.79 bits per heavy atom. The molecule has 1 spiro atoms. The van der Waals surface area contributed by atoms with Crippen LogP contribution in [0, 0.1) is 18.3 Å². The number of hydrogen-bond acceptors (Lipinski definition) is 6. The molecule has 1 aliphatic heterocycles. The minimum Gasteiger partial charge on any atom is -0.454 e. The summed E-state index contributed by atoms with van der Waals surface area (Å²) in [7, 11) is 0. The lowest BCUT2D eigenvalue weighted by Crippen LogP contribution is -2.54. The van der Waals surface area contributed by atoms with Crippen LogP contribution in [0.25, 0.3) is 0 Å². The second kappa shape index (κ2) is 9.21. The predicted octanol–water partition coefficient (Wildman–Crippen LogP) is 1.44. The van der Waals surface area contributed by atoms with E-state index >= 15 is 0 Å². The van der Waals surface area contributed by atoms with E-state index in [1.54, 1.807) is 24.3 Å². The van der Waals surface area contributed by atoms with Gasteiger partial charge in [0.1, 0.15) is 12.1 Å². The fraction of sp³-hybridized carbons (Fsp3) is 0.522. The molecule has 10 nitrogen and oxygen atoms in total. The third kappa shape index (κ3) is 5.68. The third-order valence-corrected chi connectivity index (χ3v) is 5.90. The van der Waals surface area contributed by atoms with Crippen LogP contribution >= 0.6 is 0 Å². The highest BCUT2D eigenvalue weighted by atomic mass is 16.5. The number of carbonyl (C=O) groups excluding carboxylic acids is 5. The first-order valence-corrected chi connectivity index (χ1v) is 10.9. The van der Waals surface area contributed by atoms with Crippen molar-refractivity contribution in [2.45, 2.75) is 52.5 Å². The molecule has 1 heterocycles. The van der Waals surface area contributed by atoms with Gasteiger partial charge in [-0.25, -0.2) is 4.79 Å². The zero-order valence-electron chi connectivity index (χ0n) is 19.3. The first kappa shape index (κ1) is 24.2. The Hall–Kier alpha value is -3.43. The number of benzene rings is 1. The molecule has 2 fully saturated rings. The number of nitrogens with zero attached hydrogens (tertiary/aromatic N) is 1. The van der Waals surface area contributed by atoms with Gasteiger partial charge >= 0.3 is 12.0 Å². The van der Waals surface area contributed by atoms with Crippen LogP contribution in [0.2, 0.25) is 0 Å². The monoisotopic (exact) mass is 458 g/mol. The van der Waals surface area contributed by atoms with Crippen molar-refractivity contribution in [1.82, 2.24) is 21.1 Å². The number of esters is 1. The van der Waals surface area contributed by atoms with Gasteiger partial charge in [-0.15, -0.1) is 0 Å². The van der Waals surface area contributed by atoms with Crippen molar-refractivity contribution in [2.24, 2.45) is 11.3 Å². The van der Waals surface area contributed by atoms with Gasteiger partial charge in [0.15, 0.2) is 6.61 Å². The summed E-state index contributed by atoms with van der Waals surface area (Å²) in [5, 5.41) is 2.78. The van der Waals surface area contributed by atoms with E-state index in [2.05, 4.69) is 30.0 Å². The molecule has 33 heavy (non-hydrogen) atoms. The first-order valence-electron chi connectivity index (χ1n) is 10.9. The summed E-state index contributed by atoms with van der Waals surface area (Å²) >= 11 is 0. The number of ether oxygens (including phenoxy) is 1. The van der Waals surface area contributed by atoms with E-state index in [-0.39, 0.29) is 11.3 Å². The topological polar surface area (TPSA) is 134 Å². The summed E-state index contributed by atoms with van der Waals surface area (Å²) in [4.78, 5) is 62.4. The van der Waals surface area contributed by atoms with Crippen molar-refractivity contribution < 1.29 is 28.7 Å². The molecule has 5 amide bonds. The van der Waals surface area contributed by atoms with Crippen molar-refractivity contribution in [1.29, 1.82) is 0 Å². The minimum absolute atomic E-state index is 0.127. The molecule has 1 aromatic rings. The summed E-state index contributed by atoms with van der Waals surface area (Å²) in [6.45, 7) is 6.76. The molecular weight excluding hydrogens is 428 g/mol. The van der Waals surface area contributed by atoms with Gasteiger partial charge in [-0.3, -0.25) is 34.9 Å². The van der Waals surface area contributed by atoms with Gasteiger partial charge in [-0.1, -0.05) is 38.5 Å². The number of hydrazine groups is 1. The highest BCUT2D eigenvalue weighted by Gasteiger charge is 2.56. The summed E-state index contributed by atoms with van der Waals surface area (Å²) in [5.74, 6) is -2.40. The van der Waals surface area contributed by atoms with Gasteiger partial charge in [-0.2, -0.15) is 0 Å². The van der Waals surface area contributed by atoms with Crippen molar-refractivity contribution in [2.75, 3.05) is 13.2 Å². The molecule has 0 aromatic heterocycles.